The Morgan fingerprint density at radius 3 is 2.44 bits per heavy atom. The number of nitrogens with zero attached hydrogens (tertiary/aromatic N) is 6. The predicted octanol–water partition coefficient (Wildman–Crippen LogP) is 2.20. The van der Waals surface area contributed by atoms with E-state index >= 15 is 0 Å². The molecule has 2 aliphatic rings. The lowest BCUT2D eigenvalue weighted by molar-refractivity contribution is -0.136. The highest BCUT2D eigenvalue weighted by Crippen LogP contribution is 2.29. The van der Waals surface area contributed by atoms with E-state index in [9.17, 15) is 28.4 Å². The lowest BCUT2D eigenvalue weighted by Gasteiger charge is -2.30. The van der Waals surface area contributed by atoms with Crippen molar-refractivity contribution in [1.82, 2.24) is 35.3 Å². The number of likely N-dealkylation sites (N-methyl/N-ethyl adjacent to an activating group) is 1. The number of nitrogens with one attached hydrogen (secondary N) is 4. The van der Waals surface area contributed by atoms with Crippen molar-refractivity contribution in [2.24, 2.45) is 0 Å². The number of hydrogen-bond acceptors (Lipinski definition) is 15. The molecule has 0 spiro atoms. The fourth-order valence-corrected chi connectivity index (χ4v) is 6.37. The number of piperidine rings is 1. The van der Waals surface area contributed by atoms with Gasteiger partial charge in [0.05, 0.1) is 88.0 Å². The molecule has 2 unspecified atom stereocenters. The lowest BCUT2D eigenvalue weighted by atomic mass is 10.0. The number of fused-ring (bicyclic) bond motifs is 1. The summed E-state index contributed by atoms with van der Waals surface area (Å²) in [6, 6.07) is 9.63. The monoisotopic (exact) mass is 842 g/mol. The summed E-state index contributed by atoms with van der Waals surface area (Å²) < 4.78 is 38.1. The third kappa shape index (κ3) is 12.1. The van der Waals surface area contributed by atoms with Gasteiger partial charge < -0.3 is 39.8 Å². The van der Waals surface area contributed by atoms with E-state index in [1.165, 1.54) is 35.1 Å². The molecule has 4 aromatic rings. The number of carbonyl (C=O) groups is 5. The fraction of sp³-hybridized carbons (Fsp3) is 0.439. The summed E-state index contributed by atoms with van der Waals surface area (Å²) in [6.45, 7) is 1.66. The van der Waals surface area contributed by atoms with E-state index in [1.807, 2.05) is 0 Å². The molecule has 0 bridgehead atoms. The molecule has 19 nitrogen and oxygen atoms in total. The number of aromatic nitrogens is 4. The highest BCUT2D eigenvalue weighted by Gasteiger charge is 2.34. The zero-order valence-corrected chi connectivity index (χ0v) is 33.6. The van der Waals surface area contributed by atoms with Crippen molar-refractivity contribution in [3.05, 3.63) is 71.2 Å². The van der Waals surface area contributed by atoms with Crippen molar-refractivity contribution < 1.29 is 47.3 Å². The molecule has 1 saturated heterocycles. The van der Waals surface area contributed by atoms with E-state index in [0.29, 0.717) is 66.4 Å². The number of benzene rings is 1. The van der Waals surface area contributed by atoms with E-state index in [0.717, 1.165) is 12.8 Å². The van der Waals surface area contributed by atoms with Gasteiger partial charge in [-0.3, -0.25) is 29.3 Å². The summed E-state index contributed by atoms with van der Waals surface area (Å²) >= 11 is 0. The molecule has 61 heavy (non-hydrogen) atoms. The molecule has 4 amide bonds. The number of rotatable bonds is 24. The largest absolute Gasteiger partial charge is 0.382 e. The summed E-state index contributed by atoms with van der Waals surface area (Å²) in [4.78, 5) is 72.1. The topological polar surface area (TPSA) is 241 Å². The van der Waals surface area contributed by atoms with E-state index in [2.05, 4.69) is 42.4 Å². The van der Waals surface area contributed by atoms with Gasteiger partial charge in [-0.15, -0.1) is 0 Å². The van der Waals surface area contributed by atoms with E-state index in [-0.39, 0.29) is 75.2 Å². The van der Waals surface area contributed by atoms with Crippen LogP contribution in [0.4, 0.5) is 15.8 Å². The summed E-state index contributed by atoms with van der Waals surface area (Å²) in [5.41, 5.74) is 2.42. The molecule has 1 aliphatic carbocycles. The molecule has 1 aliphatic heterocycles. The van der Waals surface area contributed by atoms with E-state index in [4.69, 9.17) is 24.2 Å². The molecule has 4 N–H and O–H groups in total. The number of nitriles is 1. The van der Waals surface area contributed by atoms with Gasteiger partial charge in [0.15, 0.2) is 17.8 Å². The minimum absolute atomic E-state index is 0.113. The molecule has 4 heterocycles. The fourth-order valence-electron chi connectivity index (χ4n) is 6.37. The molecule has 1 aromatic carbocycles. The van der Waals surface area contributed by atoms with Crippen LogP contribution >= 0.6 is 0 Å². The molecule has 3 aromatic heterocycles. The Hall–Kier alpha value is -6.40. The third-order valence-electron chi connectivity index (χ3n) is 9.72. The van der Waals surface area contributed by atoms with Crippen LogP contribution in [0, 0.1) is 11.3 Å². The molecule has 1 saturated carbocycles. The highest BCUT2D eigenvalue weighted by atomic mass is 19.1. The maximum Gasteiger partial charge on any atom is 0.257 e. The van der Waals surface area contributed by atoms with Crippen LogP contribution in [0.5, 0.6) is 0 Å². The van der Waals surface area contributed by atoms with Gasteiger partial charge in [0, 0.05) is 61.2 Å². The smallest absolute Gasteiger partial charge is 0.257 e. The van der Waals surface area contributed by atoms with Crippen molar-refractivity contribution in [1.29, 1.82) is 5.26 Å². The van der Waals surface area contributed by atoms with Gasteiger partial charge in [0.2, 0.25) is 11.8 Å². The summed E-state index contributed by atoms with van der Waals surface area (Å²) in [5, 5.41) is 25.5. The van der Waals surface area contributed by atoms with Crippen molar-refractivity contribution in [3.8, 4) is 11.9 Å². The quantitative estimate of drug-likeness (QED) is 0.0449. The first-order valence-electron chi connectivity index (χ1n) is 19.8. The number of imide groups is 1. The first kappa shape index (κ1) is 44.2. The molecular weight excluding hydrogens is 796 g/mol. The van der Waals surface area contributed by atoms with Gasteiger partial charge in [-0.05, 0) is 31.4 Å². The lowest BCUT2D eigenvalue weighted by Crippen LogP contribution is -2.53. The summed E-state index contributed by atoms with van der Waals surface area (Å²) in [5.74, 6) is -1.53. The molecular formula is C41H47FN10O9. The number of hydrogen-bond donors (Lipinski definition) is 4. The van der Waals surface area contributed by atoms with Crippen molar-refractivity contribution in [2.75, 3.05) is 83.6 Å². The van der Waals surface area contributed by atoms with Gasteiger partial charge in [0.25, 0.3) is 11.8 Å². The van der Waals surface area contributed by atoms with Crippen molar-refractivity contribution in [2.45, 2.75) is 43.9 Å². The second-order valence-corrected chi connectivity index (χ2v) is 14.2. The van der Waals surface area contributed by atoms with Crippen LogP contribution in [0.3, 0.4) is 0 Å². The molecule has 2 fully saturated rings. The van der Waals surface area contributed by atoms with Gasteiger partial charge in [-0.1, -0.05) is 12.1 Å². The molecule has 2 atom stereocenters. The van der Waals surface area contributed by atoms with Gasteiger partial charge >= 0.3 is 0 Å². The number of aldehydes is 1. The van der Waals surface area contributed by atoms with Gasteiger partial charge in [-0.25, -0.2) is 14.4 Å². The van der Waals surface area contributed by atoms with Crippen LogP contribution < -0.4 is 21.3 Å². The average Bonchev–Trinajstić information content (AvgIpc) is 3.99. The van der Waals surface area contributed by atoms with Crippen LogP contribution in [-0.2, 0) is 28.5 Å². The first-order valence-corrected chi connectivity index (χ1v) is 19.8. The zero-order valence-electron chi connectivity index (χ0n) is 33.6. The number of amides is 4. The Kier molecular flexibility index (Phi) is 15.7. The van der Waals surface area contributed by atoms with Crippen LogP contribution in [0.15, 0.2) is 48.9 Å². The van der Waals surface area contributed by atoms with Crippen LogP contribution in [0.2, 0.25) is 0 Å². The van der Waals surface area contributed by atoms with E-state index < -0.39 is 35.8 Å². The van der Waals surface area contributed by atoms with E-state index in [1.54, 1.807) is 30.5 Å². The second-order valence-electron chi connectivity index (χ2n) is 14.2. The van der Waals surface area contributed by atoms with Crippen LogP contribution in [0.1, 0.15) is 62.3 Å². The number of alkyl halides is 1. The second kappa shape index (κ2) is 21.7. The standard InChI is InChI=1S/C41H47FN10O9/c1-51(34-7-8-36(54)50-40(34)56)41(57)37-27(24-53)3-2-4-32(37)44-9-10-58-11-12-59-13-14-60-15-16-61-25-29(42)22-47-39(55)31-23-45-35(18-33(31)49-30-5-6-30)52-38-28(21-48-52)17-26(19-43)20-46-38/h2-4,17-18,20-21,23-24,29-30,34,44H,5-16,22,25H2,1H3,(H,45,49)(H,47,55)(H,50,54,56). The number of anilines is 2. The Labute approximate surface area is 350 Å². The highest BCUT2D eigenvalue weighted by molar-refractivity contribution is 6.09. The first-order chi connectivity index (χ1) is 29.7. The molecule has 20 heteroatoms. The normalized spacial score (nSPS) is 15.5. The summed E-state index contributed by atoms with van der Waals surface area (Å²) in [7, 11) is 1.46. The Balaban J connectivity index is 0.812. The van der Waals surface area contributed by atoms with Crippen LogP contribution in [-0.4, -0.2) is 146 Å². The number of pyridine rings is 2. The average molecular weight is 843 g/mol. The van der Waals surface area contributed by atoms with Gasteiger partial charge in [-0.2, -0.15) is 15.0 Å². The van der Waals surface area contributed by atoms with Crippen molar-refractivity contribution in [3.63, 3.8) is 0 Å². The molecule has 0 radical (unpaired) electrons. The van der Waals surface area contributed by atoms with Crippen LogP contribution in [0.25, 0.3) is 16.9 Å². The molecule has 322 valence electrons. The number of carbonyl (C=O) groups excluding carboxylic acids is 5. The van der Waals surface area contributed by atoms with Crippen molar-refractivity contribution >= 4 is 52.3 Å². The number of halogens is 1. The molecule has 6 rings (SSSR count). The minimum Gasteiger partial charge on any atom is -0.382 e. The maximum absolute atomic E-state index is 14.6. The SMILES string of the molecule is CN(C(=O)c1c(C=O)cccc1NCCOCCOCCOCCOCC(F)CNC(=O)c1cnc(-n2ncc3cc(C#N)cnc32)cc1NC1CC1)C1CCC(=O)NC1=O. The summed E-state index contributed by atoms with van der Waals surface area (Å²) in [6.07, 6.45) is 5.81. The van der Waals surface area contributed by atoms with Gasteiger partial charge in [0.1, 0.15) is 18.3 Å². The predicted molar refractivity (Wildman–Crippen MR) is 217 cm³/mol. The minimum atomic E-state index is -1.45. The maximum atomic E-state index is 14.6. The Bertz CT molecular complexity index is 2250. The Morgan fingerprint density at radius 1 is 1.00 bits per heavy atom. The zero-order chi connectivity index (χ0) is 43.1. The Morgan fingerprint density at radius 2 is 1.74 bits per heavy atom. The number of ether oxygens (including phenoxy) is 4. The third-order valence-corrected chi connectivity index (χ3v) is 9.72.